The van der Waals surface area contributed by atoms with Crippen molar-refractivity contribution < 1.29 is 5.11 Å². The molecule has 1 aromatic heterocycles. The number of rotatable bonds is 3. The molecule has 3 nitrogen and oxygen atoms in total. The monoisotopic (exact) mass is 282 g/mol. The van der Waals surface area contributed by atoms with Gasteiger partial charge in [-0.25, -0.2) is 0 Å². The number of nitrogens with zero attached hydrogens (tertiary/aromatic N) is 2. The van der Waals surface area contributed by atoms with Crippen LogP contribution >= 0.6 is 0 Å². The van der Waals surface area contributed by atoms with Crippen LogP contribution < -0.4 is 0 Å². The molecule has 21 heavy (non-hydrogen) atoms. The number of hydrogen-bond donors (Lipinski definition) is 1. The van der Waals surface area contributed by atoms with Gasteiger partial charge in [-0.3, -0.25) is 0 Å². The lowest BCUT2D eigenvalue weighted by Gasteiger charge is -2.27. The Morgan fingerprint density at radius 1 is 1.24 bits per heavy atom. The van der Waals surface area contributed by atoms with Gasteiger partial charge in [-0.1, -0.05) is 24.3 Å². The van der Waals surface area contributed by atoms with Crippen molar-refractivity contribution in [3.05, 3.63) is 58.4 Å². The van der Waals surface area contributed by atoms with Gasteiger partial charge in [0.05, 0.1) is 17.5 Å². The molecule has 0 amide bonds. The van der Waals surface area contributed by atoms with E-state index in [9.17, 15) is 5.11 Å². The number of aliphatic hydroxyl groups excluding tert-OH is 1. The van der Waals surface area contributed by atoms with Gasteiger partial charge < -0.3 is 5.11 Å². The maximum absolute atomic E-state index is 10.6. The van der Waals surface area contributed by atoms with Crippen molar-refractivity contribution in [1.82, 2.24) is 10.2 Å². The zero-order valence-electron chi connectivity index (χ0n) is 12.7. The first kappa shape index (κ1) is 14.2. The first-order chi connectivity index (χ1) is 10.1. The second kappa shape index (κ2) is 5.94. The van der Waals surface area contributed by atoms with Gasteiger partial charge in [-0.15, -0.1) is 0 Å². The fraction of sp³-hybridized carbons (Fsp3) is 0.444. The predicted octanol–water partition coefficient (Wildman–Crippen LogP) is 3.64. The quantitative estimate of drug-likeness (QED) is 0.935. The standard InChI is InChI=1S/C18H22N2O/c1-12-10-17(13(2)20-19-12)18(21)11-15-8-5-7-14-6-3-4-9-16(14)15/h3-4,6,9-10,15,18,21H,5,7-8,11H2,1-2H3. The van der Waals surface area contributed by atoms with Crippen molar-refractivity contribution in [2.45, 2.75) is 51.6 Å². The van der Waals surface area contributed by atoms with E-state index in [2.05, 4.69) is 34.5 Å². The SMILES string of the molecule is Cc1cc(C(O)CC2CCCc3ccccc32)c(C)nn1. The normalized spacial score (nSPS) is 19.1. The minimum Gasteiger partial charge on any atom is -0.388 e. The Morgan fingerprint density at radius 2 is 2.05 bits per heavy atom. The summed E-state index contributed by atoms with van der Waals surface area (Å²) in [6, 6.07) is 10.6. The Morgan fingerprint density at radius 3 is 2.90 bits per heavy atom. The highest BCUT2D eigenvalue weighted by atomic mass is 16.3. The average molecular weight is 282 g/mol. The van der Waals surface area contributed by atoms with E-state index in [0.29, 0.717) is 5.92 Å². The Balaban J connectivity index is 1.82. The van der Waals surface area contributed by atoms with Crippen LogP contribution in [0, 0.1) is 13.8 Å². The summed E-state index contributed by atoms with van der Waals surface area (Å²) in [5, 5.41) is 18.8. The Labute approximate surface area is 126 Å². The molecule has 1 aliphatic rings. The Bertz CT molecular complexity index is 639. The van der Waals surface area contributed by atoms with Gasteiger partial charge in [0, 0.05) is 5.56 Å². The number of aliphatic hydroxyl groups is 1. The first-order valence-electron chi connectivity index (χ1n) is 7.72. The number of fused-ring (bicyclic) bond motifs is 1. The van der Waals surface area contributed by atoms with Crippen molar-refractivity contribution >= 4 is 0 Å². The van der Waals surface area contributed by atoms with Gasteiger partial charge >= 0.3 is 0 Å². The highest BCUT2D eigenvalue weighted by Gasteiger charge is 2.24. The summed E-state index contributed by atoms with van der Waals surface area (Å²) >= 11 is 0. The molecule has 1 aromatic carbocycles. The molecular weight excluding hydrogens is 260 g/mol. The van der Waals surface area contributed by atoms with Crippen LogP contribution in [0.5, 0.6) is 0 Å². The third kappa shape index (κ3) is 2.98. The number of aromatic nitrogens is 2. The molecule has 0 saturated carbocycles. The zero-order chi connectivity index (χ0) is 14.8. The summed E-state index contributed by atoms with van der Waals surface area (Å²) in [5.74, 6) is 0.442. The van der Waals surface area contributed by atoms with Crippen LogP contribution in [0.4, 0.5) is 0 Å². The topological polar surface area (TPSA) is 46.0 Å². The lowest BCUT2D eigenvalue weighted by atomic mass is 9.79. The van der Waals surface area contributed by atoms with E-state index < -0.39 is 6.10 Å². The van der Waals surface area contributed by atoms with E-state index >= 15 is 0 Å². The van der Waals surface area contributed by atoms with Crippen molar-refractivity contribution in [3.63, 3.8) is 0 Å². The highest BCUT2D eigenvalue weighted by molar-refractivity contribution is 5.33. The molecule has 0 aliphatic heterocycles. The number of hydrogen-bond acceptors (Lipinski definition) is 3. The fourth-order valence-corrected chi connectivity index (χ4v) is 3.40. The van der Waals surface area contributed by atoms with Gasteiger partial charge in [-0.05, 0) is 62.6 Å². The van der Waals surface area contributed by atoms with Crippen LogP contribution in [-0.4, -0.2) is 15.3 Å². The first-order valence-corrected chi connectivity index (χ1v) is 7.72. The molecule has 3 rings (SSSR count). The summed E-state index contributed by atoms with van der Waals surface area (Å²) in [7, 11) is 0. The molecule has 0 spiro atoms. The smallest absolute Gasteiger partial charge is 0.0814 e. The second-order valence-electron chi connectivity index (χ2n) is 6.07. The Kier molecular flexibility index (Phi) is 4.02. The van der Waals surface area contributed by atoms with Gasteiger partial charge in [-0.2, -0.15) is 10.2 Å². The van der Waals surface area contributed by atoms with Gasteiger partial charge in [0.15, 0.2) is 0 Å². The number of aryl methyl sites for hydroxylation is 3. The van der Waals surface area contributed by atoms with Gasteiger partial charge in [0.1, 0.15) is 0 Å². The van der Waals surface area contributed by atoms with Crippen molar-refractivity contribution in [2.24, 2.45) is 0 Å². The summed E-state index contributed by atoms with van der Waals surface area (Å²) < 4.78 is 0. The van der Waals surface area contributed by atoms with E-state index in [1.807, 2.05) is 19.9 Å². The minimum absolute atomic E-state index is 0.442. The lowest BCUT2D eigenvalue weighted by molar-refractivity contribution is 0.152. The average Bonchev–Trinajstić information content (AvgIpc) is 2.50. The minimum atomic E-state index is -0.463. The molecule has 110 valence electrons. The second-order valence-corrected chi connectivity index (χ2v) is 6.07. The molecule has 0 saturated heterocycles. The summed E-state index contributed by atoms with van der Waals surface area (Å²) in [6.07, 6.45) is 3.84. The van der Waals surface area contributed by atoms with Crippen molar-refractivity contribution in [3.8, 4) is 0 Å². The molecule has 0 bridgehead atoms. The molecule has 3 heteroatoms. The predicted molar refractivity (Wildman–Crippen MR) is 83.2 cm³/mol. The number of benzene rings is 1. The zero-order valence-corrected chi connectivity index (χ0v) is 12.7. The summed E-state index contributed by atoms with van der Waals surface area (Å²) in [5.41, 5.74) is 5.47. The third-order valence-corrected chi connectivity index (χ3v) is 4.50. The molecule has 1 N–H and O–H groups in total. The van der Waals surface area contributed by atoms with Crippen LogP contribution in [-0.2, 0) is 6.42 Å². The maximum Gasteiger partial charge on any atom is 0.0814 e. The third-order valence-electron chi connectivity index (χ3n) is 4.50. The largest absolute Gasteiger partial charge is 0.388 e. The maximum atomic E-state index is 10.6. The molecule has 0 fully saturated rings. The molecular formula is C18H22N2O. The van der Waals surface area contributed by atoms with E-state index in [0.717, 1.165) is 36.2 Å². The molecule has 1 aliphatic carbocycles. The molecule has 0 radical (unpaired) electrons. The van der Waals surface area contributed by atoms with Crippen LogP contribution in [0.1, 0.15) is 59.4 Å². The summed E-state index contributed by atoms with van der Waals surface area (Å²) in [6.45, 7) is 3.83. The van der Waals surface area contributed by atoms with Crippen LogP contribution in [0.2, 0.25) is 0 Å². The van der Waals surface area contributed by atoms with Crippen LogP contribution in [0.25, 0.3) is 0 Å². The lowest BCUT2D eigenvalue weighted by Crippen LogP contribution is -2.14. The van der Waals surface area contributed by atoms with Crippen LogP contribution in [0.3, 0.4) is 0 Å². The molecule has 2 unspecified atom stereocenters. The summed E-state index contributed by atoms with van der Waals surface area (Å²) in [4.78, 5) is 0. The van der Waals surface area contributed by atoms with E-state index in [1.54, 1.807) is 0 Å². The molecule has 1 heterocycles. The van der Waals surface area contributed by atoms with E-state index in [4.69, 9.17) is 0 Å². The Hall–Kier alpha value is -1.74. The van der Waals surface area contributed by atoms with Crippen molar-refractivity contribution in [2.75, 3.05) is 0 Å². The van der Waals surface area contributed by atoms with Crippen LogP contribution in [0.15, 0.2) is 30.3 Å². The van der Waals surface area contributed by atoms with Crippen molar-refractivity contribution in [1.29, 1.82) is 0 Å². The van der Waals surface area contributed by atoms with Gasteiger partial charge in [0.2, 0.25) is 0 Å². The fourth-order valence-electron chi connectivity index (χ4n) is 3.40. The molecule has 2 aromatic rings. The van der Waals surface area contributed by atoms with E-state index in [-0.39, 0.29) is 0 Å². The molecule has 2 atom stereocenters. The van der Waals surface area contributed by atoms with E-state index in [1.165, 1.54) is 17.5 Å². The van der Waals surface area contributed by atoms with Gasteiger partial charge in [0.25, 0.3) is 0 Å². The highest BCUT2D eigenvalue weighted by Crippen LogP contribution is 2.37.